The van der Waals surface area contributed by atoms with Crippen LogP contribution in [0.1, 0.15) is 0 Å². The molecule has 0 saturated carbocycles. The Morgan fingerprint density at radius 2 is 0.784 bits per heavy atom. The van der Waals surface area contributed by atoms with Gasteiger partial charge in [-0.2, -0.15) is 0 Å². The first-order chi connectivity index (χ1) is 25.2. The van der Waals surface area contributed by atoms with Crippen molar-refractivity contribution in [2.24, 2.45) is 0 Å². The zero-order valence-electron chi connectivity index (χ0n) is 27.5. The number of hydrogen-bond acceptors (Lipinski definition) is 3. The fraction of sp³-hybridized carbons (Fsp3) is 0. The summed E-state index contributed by atoms with van der Waals surface area (Å²) in [6.45, 7) is 7.54. The molecule has 5 nitrogen and oxygen atoms in total. The van der Waals surface area contributed by atoms with Crippen LogP contribution in [0.2, 0.25) is 0 Å². The molecule has 9 rings (SSSR count). The van der Waals surface area contributed by atoms with Crippen LogP contribution in [-0.4, -0.2) is 19.5 Å². The van der Waals surface area contributed by atoms with E-state index in [-0.39, 0.29) is 0 Å². The average Bonchev–Trinajstić information content (AvgIpc) is 3.55. The molecule has 238 valence electrons. The Morgan fingerprint density at radius 1 is 0.373 bits per heavy atom. The van der Waals surface area contributed by atoms with Crippen molar-refractivity contribution < 1.29 is 0 Å². The maximum absolute atomic E-state index is 7.54. The molecule has 0 fully saturated rings. The van der Waals surface area contributed by atoms with Crippen molar-refractivity contribution in [1.29, 1.82) is 0 Å². The van der Waals surface area contributed by atoms with Crippen LogP contribution < -0.4 is 0 Å². The molecule has 51 heavy (non-hydrogen) atoms. The summed E-state index contributed by atoms with van der Waals surface area (Å²) in [5, 5.41) is 2.18. The zero-order valence-corrected chi connectivity index (χ0v) is 27.5. The molecule has 0 aliphatic rings. The van der Waals surface area contributed by atoms with Crippen LogP contribution in [0.3, 0.4) is 0 Å². The minimum absolute atomic E-state index is 0.602. The molecule has 0 saturated heterocycles. The van der Waals surface area contributed by atoms with Crippen LogP contribution in [0.5, 0.6) is 0 Å². The molecular formula is C46H29N5. The van der Waals surface area contributed by atoms with Gasteiger partial charge in [0.05, 0.1) is 17.6 Å². The molecule has 5 heteroatoms. The van der Waals surface area contributed by atoms with Crippen molar-refractivity contribution in [1.82, 2.24) is 19.5 Å². The van der Waals surface area contributed by atoms with Crippen molar-refractivity contribution in [3.05, 3.63) is 187 Å². The molecular weight excluding hydrogens is 623 g/mol. The fourth-order valence-corrected chi connectivity index (χ4v) is 6.72. The highest BCUT2D eigenvalue weighted by Gasteiger charge is 2.16. The molecule has 2 aromatic heterocycles. The first kappa shape index (κ1) is 29.9. The second-order valence-corrected chi connectivity index (χ2v) is 12.4. The molecule has 0 atom stereocenters. The van der Waals surface area contributed by atoms with E-state index in [1.807, 2.05) is 36.4 Å². The van der Waals surface area contributed by atoms with Crippen molar-refractivity contribution in [2.45, 2.75) is 0 Å². The van der Waals surface area contributed by atoms with Crippen LogP contribution in [0, 0.1) is 6.57 Å². The van der Waals surface area contributed by atoms with E-state index in [1.54, 1.807) is 0 Å². The lowest BCUT2D eigenvalue weighted by molar-refractivity contribution is 1.07. The van der Waals surface area contributed by atoms with E-state index in [2.05, 4.69) is 149 Å². The van der Waals surface area contributed by atoms with Gasteiger partial charge in [-0.15, -0.1) is 0 Å². The molecule has 0 amide bonds. The van der Waals surface area contributed by atoms with Gasteiger partial charge in [0, 0.05) is 27.8 Å². The van der Waals surface area contributed by atoms with Crippen molar-refractivity contribution in [3.8, 4) is 62.1 Å². The van der Waals surface area contributed by atoms with Gasteiger partial charge in [-0.3, -0.25) is 0 Å². The number of hydrogen-bond donors (Lipinski definition) is 0. The van der Waals surface area contributed by atoms with Gasteiger partial charge in [-0.05, 0) is 70.1 Å². The summed E-state index contributed by atoms with van der Waals surface area (Å²) in [4.78, 5) is 18.7. The Hall–Kier alpha value is -7.16. The predicted octanol–water partition coefficient (Wildman–Crippen LogP) is 11.9. The average molecular weight is 652 g/mol. The smallest absolute Gasteiger partial charge is 0.188 e. The van der Waals surface area contributed by atoms with E-state index >= 15 is 0 Å². The van der Waals surface area contributed by atoms with E-state index in [1.165, 1.54) is 0 Å². The molecule has 7 aromatic carbocycles. The minimum atomic E-state index is 0.602. The van der Waals surface area contributed by atoms with E-state index in [0.717, 1.165) is 66.4 Å². The van der Waals surface area contributed by atoms with Gasteiger partial charge >= 0.3 is 0 Å². The van der Waals surface area contributed by atoms with Gasteiger partial charge in [-0.1, -0.05) is 133 Å². The zero-order chi connectivity index (χ0) is 34.1. The summed E-state index contributed by atoms with van der Waals surface area (Å²) in [7, 11) is 0. The summed E-state index contributed by atoms with van der Waals surface area (Å²) in [5.74, 6) is 1.83. The summed E-state index contributed by atoms with van der Waals surface area (Å²) < 4.78 is 2.25. The van der Waals surface area contributed by atoms with Crippen molar-refractivity contribution >= 4 is 27.5 Å². The third kappa shape index (κ3) is 5.61. The summed E-state index contributed by atoms with van der Waals surface area (Å²) in [6, 6.07) is 60.1. The van der Waals surface area contributed by atoms with Gasteiger partial charge in [0.15, 0.2) is 23.2 Å². The minimum Gasteiger partial charge on any atom is -0.309 e. The summed E-state index contributed by atoms with van der Waals surface area (Å²) in [5.41, 5.74) is 11.1. The summed E-state index contributed by atoms with van der Waals surface area (Å²) in [6.07, 6.45) is 0. The number of benzene rings is 7. The topological polar surface area (TPSA) is 48.0 Å². The maximum Gasteiger partial charge on any atom is 0.188 e. The highest BCUT2D eigenvalue weighted by Crippen LogP contribution is 2.35. The van der Waals surface area contributed by atoms with Crippen LogP contribution >= 0.6 is 0 Å². The highest BCUT2D eigenvalue weighted by atomic mass is 15.0. The van der Waals surface area contributed by atoms with Gasteiger partial charge in [0.2, 0.25) is 0 Å². The second kappa shape index (κ2) is 12.7. The fourth-order valence-electron chi connectivity index (χ4n) is 6.72. The van der Waals surface area contributed by atoms with Crippen LogP contribution in [0.25, 0.3) is 88.8 Å². The molecule has 0 aliphatic carbocycles. The van der Waals surface area contributed by atoms with Gasteiger partial charge in [0.25, 0.3) is 0 Å². The van der Waals surface area contributed by atoms with Gasteiger partial charge in [-0.25, -0.2) is 19.8 Å². The molecule has 0 N–H and O–H groups in total. The normalized spacial score (nSPS) is 11.1. The van der Waals surface area contributed by atoms with Crippen LogP contribution in [-0.2, 0) is 0 Å². The molecule has 0 unspecified atom stereocenters. The number of nitrogens with zero attached hydrogens (tertiary/aromatic N) is 5. The highest BCUT2D eigenvalue weighted by molar-refractivity contribution is 6.10. The molecule has 0 aliphatic heterocycles. The predicted molar refractivity (Wildman–Crippen MR) is 208 cm³/mol. The van der Waals surface area contributed by atoms with Gasteiger partial charge < -0.3 is 4.57 Å². The molecule has 0 radical (unpaired) electrons. The van der Waals surface area contributed by atoms with Crippen LogP contribution in [0.4, 0.5) is 5.69 Å². The Balaban J connectivity index is 1.13. The Labute approximate surface area is 295 Å². The molecule has 9 aromatic rings. The standard InChI is InChI=1S/C46H29N5/c1-47-38-26-29-43-41(30-38)40-14-8-9-15-42(40)51(43)39-27-24-37(25-28-39)46-49-44(35-20-16-33(17-21-35)31-10-4-2-5-11-31)48-45(50-46)36-22-18-34(19-23-36)32-12-6-3-7-13-32/h2-30H. The third-order valence-corrected chi connectivity index (χ3v) is 9.30. The SMILES string of the molecule is [C-]#[N+]c1ccc2c(c1)c1ccccc1n2-c1ccc(-c2nc(-c3ccc(-c4ccccc4)cc3)nc(-c3ccc(-c4ccccc4)cc3)n2)cc1. The lowest BCUT2D eigenvalue weighted by atomic mass is 10.0. The molecule has 0 spiro atoms. The lowest BCUT2D eigenvalue weighted by Crippen LogP contribution is -2.00. The number of rotatable bonds is 6. The Kier molecular flexibility index (Phi) is 7.46. The van der Waals surface area contributed by atoms with Crippen LogP contribution in [0.15, 0.2) is 176 Å². The number of para-hydroxylation sites is 1. The van der Waals surface area contributed by atoms with E-state index < -0.39 is 0 Å². The summed E-state index contributed by atoms with van der Waals surface area (Å²) >= 11 is 0. The van der Waals surface area contributed by atoms with Gasteiger partial charge in [0.1, 0.15) is 0 Å². The van der Waals surface area contributed by atoms with Crippen molar-refractivity contribution in [2.75, 3.05) is 0 Å². The van der Waals surface area contributed by atoms with Crippen molar-refractivity contribution in [3.63, 3.8) is 0 Å². The monoisotopic (exact) mass is 651 g/mol. The maximum atomic E-state index is 7.54. The number of fused-ring (bicyclic) bond motifs is 3. The number of aromatic nitrogens is 4. The third-order valence-electron chi connectivity index (χ3n) is 9.30. The first-order valence-corrected chi connectivity index (χ1v) is 16.8. The molecule has 0 bridgehead atoms. The van der Waals surface area contributed by atoms with E-state index in [9.17, 15) is 0 Å². The molecule has 2 heterocycles. The first-order valence-electron chi connectivity index (χ1n) is 16.8. The Morgan fingerprint density at radius 3 is 1.29 bits per heavy atom. The van der Waals surface area contributed by atoms with E-state index in [4.69, 9.17) is 21.5 Å². The van der Waals surface area contributed by atoms with E-state index in [0.29, 0.717) is 23.2 Å². The Bertz CT molecular complexity index is 2610. The largest absolute Gasteiger partial charge is 0.309 e. The second-order valence-electron chi connectivity index (χ2n) is 12.4. The quantitative estimate of drug-likeness (QED) is 0.168. The lowest BCUT2D eigenvalue weighted by Gasteiger charge is -2.11.